The van der Waals surface area contributed by atoms with Gasteiger partial charge in [0.15, 0.2) is 5.03 Å². The molecule has 2 aromatic heterocycles. The van der Waals surface area contributed by atoms with Crippen molar-refractivity contribution in [1.29, 1.82) is 0 Å². The van der Waals surface area contributed by atoms with Gasteiger partial charge in [-0.1, -0.05) is 11.6 Å². The van der Waals surface area contributed by atoms with E-state index in [2.05, 4.69) is 21.1 Å². The molecule has 3 aromatic rings. The van der Waals surface area contributed by atoms with Crippen molar-refractivity contribution in [2.24, 2.45) is 5.92 Å². The van der Waals surface area contributed by atoms with Crippen molar-refractivity contribution >= 4 is 16.1 Å². The highest BCUT2D eigenvalue weighted by Crippen LogP contribution is 2.44. The molecule has 3 aliphatic rings. The Labute approximate surface area is 210 Å². The lowest BCUT2D eigenvalue weighted by Gasteiger charge is -2.42. The fourth-order valence-electron chi connectivity index (χ4n) is 5.55. The second kappa shape index (κ2) is 9.51. The first-order valence-corrected chi connectivity index (χ1v) is 13.7. The molecule has 188 valence electrons. The second-order valence-corrected chi connectivity index (χ2v) is 11.4. The summed E-state index contributed by atoms with van der Waals surface area (Å²) in [6, 6.07) is 11.3. The van der Waals surface area contributed by atoms with Gasteiger partial charge in [-0.2, -0.15) is 9.40 Å². The average Bonchev–Trinajstić information content (AvgIpc) is 3.33. The van der Waals surface area contributed by atoms with Gasteiger partial charge in [0.05, 0.1) is 30.8 Å². The molecule has 4 heterocycles. The highest BCUT2D eigenvalue weighted by Gasteiger charge is 2.41. The zero-order chi connectivity index (χ0) is 24.7. The van der Waals surface area contributed by atoms with Crippen LogP contribution in [0.5, 0.6) is 0 Å². The van der Waals surface area contributed by atoms with Crippen LogP contribution in [0.25, 0.3) is 11.8 Å². The predicted octanol–water partition coefficient (Wildman–Crippen LogP) is 2.93. The van der Waals surface area contributed by atoms with Crippen molar-refractivity contribution in [2.45, 2.75) is 17.4 Å². The summed E-state index contributed by atoms with van der Waals surface area (Å²) < 4.78 is 49.3. The van der Waals surface area contributed by atoms with Crippen LogP contribution in [0, 0.1) is 11.7 Å². The van der Waals surface area contributed by atoms with E-state index in [9.17, 15) is 12.8 Å². The number of morpholine rings is 1. The molecule has 10 heteroatoms. The van der Waals surface area contributed by atoms with E-state index < -0.39 is 10.0 Å². The molecule has 6 rings (SSSR count). The van der Waals surface area contributed by atoms with Gasteiger partial charge in [-0.25, -0.2) is 22.5 Å². The number of pyridine rings is 1. The van der Waals surface area contributed by atoms with Crippen LogP contribution in [0.4, 0.5) is 4.39 Å². The van der Waals surface area contributed by atoms with E-state index in [-0.39, 0.29) is 22.7 Å². The summed E-state index contributed by atoms with van der Waals surface area (Å²) >= 11 is 0. The van der Waals surface area contributed by atoms with E-state index in [0.29, 0.717) is 32.7 Å². The molecule has 36 heavy (non-hydrogen) atoms. The summed E-state index contributed by atoms with van der Waals surface area (Å²) in [5, 5.41) is 4.76. The quantitative estimate of drug-likeness (QED) is 0.526. The molecule has 1 aromatic carbocycles. The Morgan fingerprint density at radius 1 is 1.06 bits per heavy atom. The number of ether oxygens (including phenoxy) is 1. The number of rotatable bonds is 5. The normalized spacial score (nSPS) is 23.1. The van der Waals surface area contributed by atoms with Crippen molar-refractivity contribution in [3.8, 4) is 5.69 Å². The molecule has 1 aliphatic carbocycles. The van der Waals surface area contributed by atoms with Crippen molar-refractivity contribution in [2.75, 3.05) is 45.9 Å². The van der Waals surface area contributed by atoms with Crippen LogP contribution in [0.1, 0.15) is 23.6 Å². The van der Waals surface area contributed by atoms with Gasteiger partial charge in [-0.05, 0) is 48.9 Å². The minimum absolute atomic E-state index is 0.0402. The Kier molecular flexibility index (Phi) is 6.20. The number of benzene rings is 1. The monoisotopic (exact) mass is 509 g/mol. The summed E-state index contributed by atoms with van der Waals surface area (Å²) in [6.07, 6.45) is 6.21. The average molecular weight is 510 g/mol. The van der Waals surface area contributed by atoms with E-state index in [1.165, 1.54) is 23.9 Å². The van der Waals surface area contributed by atoms with Gasteiger partial charge in [0.25, 0.3) is 10.0 Å². The van der Waals surface area contributed by atoms with E-state index in [0.717, 1.165) is 36.6 Å². The van der Waals surface area contributed by atoms with Crippen molar-refractivity contribution in [3.05, 3.63) is 77.5 Å². The molecule has 0 bridgehead atoms. The molecule has 2 fully saturated rings. The first-order chi connectivity index (χ1) is 17.5. The number of fused-ring (bicyclic) bond motifs is 2. The Bertz CT molecular complexity index is 1370. The molecule has 2 saturated heterocycles. The third kappa shape index (κ3) is 4.28. The topological polar surface area (TPSA) is 80.6 Å². The zero-order valence-electron chi connectivity index (χ0n) is 19.8. The summed E-state index contributed by atoms with van der Waals surface area (Å²) in [5.41, 5.74) is 4.12. The first-order valence-electron chi connectivity index (χ1n) is 12.3. The highest BCUT2D eigenvalue weighted by molar-refractivity contribution is 7.89. The molecule has 0 radical (unpaired) electrons. The molecule has 0 spiro atoms. The van der Waals surface area contributed by atoms with Crippen molar-refractivity contribution in [3.63, 3.8) is 0 Å². The number of halogens is 1. The fourth-order valence-corrected chi connectivity index (χ4v) is 6.95. The van der Waals surface area contributed by atoms with E-state index in [4.69, 9.17) is 4.74 Å². The third-order valence-electron chi connectivity index (χ3n) is 7.44. The highest BCUT2D eigenvalue weighted by atomic mass is 32.2. The Morgan fingerprint density at radius 3 is 2.61 bits per heavy atom. The second-order valence-electron chi connectivity index (χ2n) is 9.50. The fraction of sp³-hybridized carbons (Fsp3) is 0.385. The van der Waals surface area contributed by atoms with E-state index in [1.54, 1.807) is 34.6 Å². The number of hydrogen-bond donors (Lipinski definition) is 0. The van der Waals surface area contributed by atoms with Crippen LogP contribution >= 0.6 is 0 Å². The minimum Gasteiger partial charge on any atom is -0.379 e. The smallest absolute Gasteiger partial charge is 0.260 e. The van der Waals surface area contributed by atoms with Gasteiger partial charge < -0.3 is 4.74 Å². The molecular formula is C26H28FN5O3S. The maximum Gasteiger partial charge on any atom is 0.260 e. The van der Waals surface area contributed by atoms with Crippen LogP contribution < -0.4 is 0 Å². The molecule has 2 atom stereocenters. The summed E-state index contributed by atoms with van der Waals surface area (Å²) in [6.45, 7) is 4.70. The van der Waals surface area contributed by atoms with Crippen molar-refractivity contribution < 1.29 is 17.5 Å². The van der Waals surface area contributed by atoms with Crippen molar-refractivity contribution in [1.82, 2.24) is 24.0 Å². The molecule has 0 amide bonds. The third-order valence-corrected chi connectivity index (χ3v) is 9.22. The molecular weight excluding hydrogens is 481 g/mol. The number of piperidine rings is 1. The van der Waals surface area contributed by atoms with Gasteiger partial charge in [-0.15, -0.1) is 0 Å². The molecule has 0 saturated carbocycles. The minimum atomic E-state index is -3.68. The molecule has 2 aliphatic heterocycles. The SMILES string of the molecule is O=S(=O)(c1ccccn1)N1CCC2=Cc3c(cnn3-c3ccc(F)cc3)[C@@H](CN3CCOCC3)C2C1. The van der Waals surface area contributed by atoms with Crippen LogP contribution in [0.3, 0.4) is 0 Å². The van der Waals surface area contributed by atoms with E-state index >= 15 is 0 Å². The number of aromatic nitrogens is 3. The molecule has 0 N–H and O–H groups in total. The number of nitrogens with zero attached hydrogens (tertiary/aromatic N) is 5. The van der Waals surface area contributed by atoms with Crippen LogP contribution in [-0.2, 0) is 14.8 Å². The van der Waals surface area contributed by atoms with Gasteiger partial charge in [-0.3, -0.25) is 4.90 Å². The largest absolute Gasteiger partial charge is 0.379 e. The Hall–Kier alpha value is -2.92. The molecule has 1 unspecified atom stereocenters. The standard InChI is InChI=1S/C26H28FN5O3S/c27-20-4-6-21(7-5-20)32-25-15-19-8-10-31(36(33,34)26-3-1-2-9-28-26)18-23(19)24(22(25)16-29-32)17-30-11-13-35-14-12-30/h1-7,9,15-16,23-24H,8,10-14,17-18H2/t23?,24-/m1/s1. The maximum atomic E-state index is 13.6. The number of sulfonamides is 1. The zero-order valence-corrected chi connectivity index (χ0v) is 20.6. The lowest BCUT2D eigenvalue weighted by atomic mass is 9.74. The lowest BCUT2D eigenvalue weighted by Crippen LogP contribution is -2.47. The molecule has 8 nitrogen and oxygen atoms in total. The first kappa shape index (κ1) is 23.5. The number of hydrogen-bond acceptors (Lipinski definition) is 6. The lowest BCUT2D eigenvalue weighted by molar-refractivity contribution is 0.0319. The van der Waals surface area contributed by atoms with E-state index in [1.807, 2.05) is 10.9 Å². The maximum absolute atomic E-state index is 13.6. The summed E-state index contributed by atoms with van der Waals surface area (Å²) in [7, 11) is -3.68. The van der Waals surface area contributed by atoms with Gasteiger partial charge >= 0.3 is 0 Å². The van der Waals surface area contributed by atoms with Gasteiger partial charge in [0.2, 0.25) is 0 Å². The van der Waals surface area contributed by atoms with Crippen LogP contribution in [0.15, 0.2) is 65.5 Å². The Morgan fingerprint density at radius 2 is 1.86 bits per heavy atom. The van der Waals surface area contributed by atoms with Gasteiger partial charge in [0.1, 0.15) is 5.82 Å². The summed E-state index contributed by atoms with van der Waals surface area (Å²) in [5.74, 6) is -0.169. The van der Waals surface area contributed by atoms with Crippen LogP contribution in [0.2, 0.25) is 0 Å². The van der Waals surface area contributed by atoms with Gasteiger partial charge in [0, 0.05) is 56.3 Å². The summed E-state index contributed by atoms with van der Waals surface area (Å²) in [4.78, 5) is 6.51. The Balaban J connectivity index is 1.37. The predicted molar refractivity (Wildman–Crippen MR) is 133 cm³/mol. The van der Waals surface area contributed by atoms with Crippen LogP contribution in [-0.4, -0.2) is 78.3 Å².